The first kappa shape index (κ1) is 16.0. The van der Waals surface area contributed by atoms with Gasteiger partial charge in [0, 0.05) is 5.56 Å². The van der Waals surface area contributed by atoms with Crippen LogP contribution in [0.4, 0.5) is 17.3 Å². The number of aryl methyl sites for hydroxylation is 1. The topological polar surface area (TPSA) is 0 Å². The van der Waals surface area contributed by atoms with E-state index in [1.165, 1.54) is 20.3 Å². The van der Waals surface area contributed by atoms with E-state index in [9.17, 15) is 17.3 Å². The molecule has 0 radical (unpaired) electrons. The predicted molar refractivity (Wildman–Crippen MR) is 66.9 cm³/mol. The summed E-state index contributed by atoms with van der Waals surface area (Å²) in [5, 5.41) is 0. The van der Waals surface area contributed by atoms with Gasteiger partial charge in [-0.2, -0.15) is 0 Å². The Morgan fingerprint density at radius 3 is 1.79 bits per heavy atom. The molecule has 19 heavy (non-hydrogen) atoms. The van der Waals surface area contributed by atoms with E-state index in [-0.39, 0.29) is 0 Å². The third-order valence-electron chi connectivity index (χ3n) is 2.25. The number of rotatable bonds is 1. The van der Waals surface area contributed by atoms with Crippen molar-refractivity contribution >= 4 is 7.25 Å². The first-order valence-electron chi connectivity index (χ1n) is 5.48. The molecule has 0 aliphatic heterocycles. The quantitative estimate of drug-likeness (QED) is 0.398. The van der Waals surface area contributed by atoms with Crippen LogP contribution in [0.25, 0.3) is 11.1 Å². The second-order valence-corrected chi connectivity index (χ2v) is 5.11. The Labute approximate surface area is 123 Å². The van der Waals surface area contributed by atoms with E-state index in [4.69, 9.17) is 0 Å². The van der Waals surface area contributed by atoms with Gasteiger partial charge in [-0.05, 0) is 24.6 Å². The maximum Gasteiger partial charge on any atom is 0.673 e. The molecule has 6 heteroatoms. The minimum atomic E-state index is -6.00. The Morgan fingerprint density at radius 2 is 1.32 bits per heavy atom. The van der Waals surface area contributed by atoms with Crippen LogP contribution in [-0.4, -0.2) is 7.25 Å². The molecule has 0 unspecified atom stereocenters. The first-order chi connectivity index (χ1) is 8.77. The molecule has 0 N–H and O–H groups in total. The van der Waals surface area contributed by atoms with Gasteiger partial charge in [0.15, 0.2) is 3.57 Å². The molecule has 0 aliphatic carbocycles. The van der Waals surface area contributed by atoms with Crippen LogP contribution in [-0.2, 0) is 0 Å². The molecule has 0 aromatic heterocycles. The van der Waals surface area contributed by atoms with E-state index in [1.54, 1.807) is 0 Å². The Morgan fingerprint density at radius 1 is 0.842 bits per heavy atom. The van der Waals surface area contributed by atoms with Gasteiger partial charge in [0.1, 0.15) is 0 Å². The van der Waals surface area contributed by atoms with Crippen LogP contribution in [0.2, 0.25) is 0 Å². The average molecular weight is 382 g/mol. The minimum absolute atomic E-state index is 1.30. The van der Waals surface area contributed by atoms with Gasteiger partial charge in [-0.25, -0.2) is 0 Å². The maximum atomic E-state index is 9.75. The Balaban J connectivity index is 0.000000312. The lowest BCUT2D eigenvalue weighted by Gasteiger charge is -2.00. The molecule has 0 fully saturated rings. The van der Waals surface area contributed by atoms with Crippen molar-refractivity contribution in [1.29, 1.82) is 0 Å². The van der Waals surface area contributed by atoms with Gasteiger partial charge in [0.05, 0.1) is 0 Å². The molecular weight excluding hydrogens is 370 g/mol. The molecule has 0 heterocycles. The molecule has 0 spiro atoms. The standard InChI is InChI=1S/C13H12I.BF4/c1-10-6-8-11(9-7-10)12-4-2-3-5-13(12)14;2-1(3,4)5/h2-9,14H,1H3;/q+1;-1. The van der Waals surface area contributed by atoms with Crippen molar-refractivity contribution in [1.82, 2.24) is 0 Å². The van der Waals surface area contributed by atoms with Crippen molar-refractivity contribution < 1.29 is 39.9 Å². The summed E-state index contributed by atoms with van der Waals surface area (Å²) >= 11 is 2.07. The smallest absolute Gasteiger partial charge is 0.418 e. The van der Waals surface area contributed by atoms with Gasteiger partial charge in [-0.1, -0.05) is 42.0 Å². The number of benzene rings is 2. The second kappa shape index (κ2) is 6.93. The number of hydrogen-bond acceptors (Lipinski definition) is 0. The summed E-state index contributed by atoms with van der Waals surface area (Å²) in [4.78, 5) is 0. The van der Waals surface area contributed by atoms with E-state index in [0.717, 1.165) is 0 Å². The Kier molecular flexibility index (Phi) is 5.84. The molecule has 2 aromatic rings. The molecule has 0 atom stereocenters. The summed E-state index contributed by atoms with van der Waals surface area (Å²) < 4.78 is 40.3. The summed E-state index contributed by atoms with van der Waals surface area (Å²) in [7, 11) is -6.00. The maximum absolute atomic E-state index is 9.75. The highest BCUT2D eigenvalue weighted by Gasteiger charge is 2.20. The third kappa shape index (κ3) is 6.61. The lowest BCUT2D eigenvalue weighted by Crippen LogP contribution is -3.34. The second-order valence-electron chi connectivity index (χ2n) is 3.86. The highest BCUT2D eigenvalue weighted by atomic mass is 127. The van der Waals surface area contributed by atoms with Crippen LogP contribution in [0.15, 0.2) is 48.5 Å². The molecule has 0 saturated heterocycles. The van der Waals surface area contributed by atoms with Gasteiger partial charge in [-0.3, -0.25) is 0 Å². The van der Waals surface area contributed by atoms with Gasteiger partial charge < -0.3 is 17.3 Å². The predicted octanol–water partition coefficient (Wildman–Crippen LogP) is 1.42. The fourth-order valence-electron chi connectivity index (χ4n) is 1.44. The fraction of sp³-hybridized carbons (Fsp3) is 0.0769. The minimum Gasteiger partial charge on any atom is -0.418 e. The molecule has 2 aromatic carbocycles. The first-order valence-corrected chi connectivity index (χ1v) is 6.64. The summed E-state index contributed by atoms with van der Waals surface area (Å²) in [6.45, 7) is 2.11. The Bertz CT molecular complexity index is 517. The van der Waals surface area contributed by atoms with Crippen LogP contribution in [0.1, 0.15) is 5.56 Å². The van der Waals surface area contributed by atoms with Gasteiger partial charge in [-0.15, -0.1) is 0 Å². The molecular formula is C13H12BF4I. The number of hydrogen-bond donors (Lipinski definition) is 0. The van der Waals surface area contributed by atoms with Gasteiger partial charge in [0.2, 0.25) is 0 Å². The summed E-state index contributed by atoms with van der Waals surface area (Å²) in [6.07, 6.45) is 0. The normalized spacial score (nSPS) is 10.6. The molecule has 2 rings (SSSR count). The van der Waals surface area contributed by atoms with Crippen LogP contribution < -0.4 is 22.6 Å². The van der Waals surface area contributed by atoms with Crippen LogP contribution >= 0.6 is 0 Å². The lowest BCUT2D eigenvalue weighted by atomic mass is 10.0. The molecule has 0 saturated carbocycles. The zero-order valence-corrected chi connectivity index (χ0v) is 12.4. The van der Waals surface area contributed by atoms with E-state index in [2.05, 4.69) is 78.0 Å². The van der Waals surface area contributed by atoms with Crippen molar-refractivity contribution in [3.05, 3.63) is 57.7 Å². The van der Waals surface area contributed by atoms with Crippen molar-refractivity contribution in [3.63, 3.8) is 0 Å². The molecule has 102 valence electrons. The molecule has 0 aliphatic rings. The SMILES string of the molecule is Cc1ccc(-c2ccccc2[IH+])cc1.F[B-](F)(F)F. The average Bonchev–Trinajstić information content (AvgIpc) is 2.29. The molecule has 0 amide bonds. The van der Waals surface area contributed by atoms with Crippen molar-refractivity contribution in [2.24, 2.45) is 0 Å². The van der Waals surface area contributed by atoms with E-state index < -0.39 is 7.25 Å². The van der Waals surface area contributed by atoms with E-state index in [0.29, 0.717) is 0 Å². The van der Waals surface area contributed by atoms with Gasteiger partial charge in [0.25, 0.3) is 22.6 Å². The fourth-order valence-corrected chi connectivity index (χ4v) is 2.19. The van der Waals surface area contributed by atoms with Crippen molar-refractivity contribution in [3.8, 4) is 11.1 Å². The highest BCUT2D eigenvalue weighted by molar-refractivity contribution is 6.50. The highest BCUT2D eigenvalue weighted by Crippen LogP contribution is 2.18. The third-order valence-corrected chi connectivity index (χ3v) is 3.27. The number of halogens is 5. The summed E-state index contributed by atoms with van der Waals surface area (Å²) in [5.74, 6) is 0. The Hall–Kier alpha value is -1.05. The zero-order chi connectivity index (χ0) is 14.5. The summed E-state index contributed by atoms with van der Waals surface area (Å²) in [6, 6.07) is 17.2. The van der Waals surface area contributed by atoms with Gasteiger partial charge >= 0.3 is 7.25 Å². The monoisotopic (exact) mass is 382 g/mol. The van der Waals surface area contributed by atoms with Crippen LogP contribution in [0.5, 0.6) is 0 Å². The lowest BCUT2D eigenvalue weighted by molar-refractivity contribution is -0.326. The van der Waals surface area contributed by atoms with E-state index in [1.807, 2.05) is 0 Å². The molecule has 0 nitrogen and oxygen atoms in total. The largest absolute Gasteiger partial charge is 0.673 e. The summed E-state index contributed by atoms with van der Waals surface area (Å²) in [5.41, 5.74) is 3.94. The van der Waals surface area contributed by atoms with Crippen molar-refractivity contribution in [2.75, 3.05) is 0 Å². The molecule has 0 bridgehead atoms. The van der Waals surface area contributed by atoms with Crippen molar-refractivity contribution in [2.45, 2.75) is 6.92 Å². The van der Waals surface area contributed by atoms with Crippen LogP contribution in [0, 0.1) is 10.5 Å². The van der Waals surface area contributed by atoms with E-state index >= 15 is 0 Å². The zero-order valence-electron chi connectivity index (χ0n) is 10.1. The van der Waals surface area contributed by atoms with Crippen LogP contribution in [0.3, 0.4) is 0 Å².